The molecule has 19 heavy (non-hydrogen) atoms. The second-order valence-electron chi connectivity index (χ2n) is 5.00. The van der Waals surface area contributed by atoms with E-state index in [0.717, 1.165) is 18.0 Å². The topological polar surface area (TPSA) is 45.1 Å². The minimum Gasteiger partial charge on any atom is -0.387 e. The Morgan fingerprint density at radius 3 is 3.05 bits per heavy atom. The van der Waals surface area contributed by atoms with Gasteiger partial charge in [0.2, 0.25) is 0 Å². The van der Waals surface area contributed by atoms with Crippen LogP contribution in [0.2, 0.25) is 0 Å². The van der Waals surface area contributed by atoms with Crippen LogP contribution in [0.4, 0.5) is 0 Å². The Labute approximate surface area is 121 Å². The normalized spacial score (nSPS) is 17.3. The smallest absolute Gasteiger partial charge is 0.0959 e. The maximum absolute atomic E-state index is 9.96. The summed E-state index contributed by atoms with van der Waals surface area (Å²) in [6, 6.07) is 1.97. The minimum absolute atomic E-state index is 0.412. The molecular weight excluding hydrogens is 276 g/mol. The summed E-state index contributed by atoms with van der Waals surface area (Å²) < 4.78 is 0. The highest BCUT2D eigenvalue weighted by molar-refractivity contribution is 7.11. The molecule has 1 aliphatic carbocycles. The molecule has 2 heterocycles. The zero-order valence-electron chi connectivity index (χ0n) is 10.7. The Balaban J connectivity index is 1.45. The number of hydrogen-bond donors (Lipinski definition) is 2. The van der Waals surface area contributed by atoms with E-state index in [2.05, 4.69) is 10.3 Å². The van der Waals surface area contributed by atoms with Crippen molar-refractivity contribution >= 4 is 22.7 Å². The zero-order valence-corrected chi connectivity index (χ0v) is 12.3. The molecule has 0 aliphatic heterocycles. The van der Waals surface area contributed by atoms with Gasteiger partial charge in [-0.15, -0.1) is 11.3 Å². The van der Waals surface area contributed by atoms with Crippen LogP contribution in [0.25, 0.3) is 0 Å². The van der Waals surface area contributed by atoms with Gasteiger partial charge in [-0.3, -0.25) is 0 Å². The SMILES string of the molecule is OC(CNCc1cnc(C2CCC2)s1)c1ccsc1. The van der Waals surface area contributed by atoms with Crippen LogP contribution in [-0.4, -0.2) is 16.6 Å². The van der Waals surface area contributed by atoms with Gasteiger partial charge in [-0.1, -0.05) is 6.42 Å². The van der Waals surface area contributed by atoms with Crippen LogP contribution in [0.5, 0.6) is 0 Å². The highest BCUT2D eigenvalue weighted by atomic mass is 32.1. The minimum atomic E-state index is -0.412. The van der Waals surface area contributed by atoms with Crippen molar-refractivity contribution in [3.05, 3.63) is 38.5 Å². The van der Waals surface area contributed by atoms with Crippen LogP contribution in [0.1, 0.15) is 46.7 Å². The molecule has 0 spiro atoms. The quantitative estimate of drug-likeness (QED) is 0.859. The molecule has 1 unspecified atom stereocenters. The van der Waals surface area contributed by atoms with Crippen molar-refractivity contribution in [3.8, 4) is 0 Å². The maximum atomic E-state index is 9.96. The van der Waals surface area contributed by atoms with Crippen molar-refractivity contribution in [2.24, 2.45) is 0 Å². The van der Waals surface area contributed by atoms with Crippen molar-refractivity contribution in [1.29, 1.82) is 0 Å². The molecule has 102 valence electrons. The number of thiazole rings is 1. The van der Waals surface area contributed by atoms with Gasteiger partial charge in [0.15, 0.2) is 0 Å². The molecule has 0 radical (unpaired) electrons. The Bertz CT molecular complexity index is 505. The lowest BCUT2D eigenvalue weighted by molar-refractivity contribution is 0.175. The standard InChI is InChI=1S/C14H18N2OS2/c17-13(11-4-5-18-9-11)8-15-6-12-7-16-14(19-12)10-2-1-3-10/h4-5,7,9-10,13,15,17H,1-3,6,8H2. The van der Waals surface area contributed by atoms with Gasteiger partial charge in [0, 0.05) is 30.1 Å². The van der Waals surface area contributed by atoms with Gasteiger partial charge in [-0.05, 0) is 35.2 Å². The molecule has 2 aromatic rings. The molecule has 5 heteroatoms. The fourth-order valence-corrected chi connectivity index (χ4v) is 3.93. The first kappa shape index (κ1) is 13.2. The number of hydrogen-bond acceptors (Lipinski definition) is 5. The van der Waals surface area contributed by atoms with E-state index in [9.17, 15) is 5.11 Å². The van der Waals surface area contributed by atoms with E-state index < -0.39 is 6.10 Å². The molecule has 2 aromatic heterocycles. The van der Waals surface area contributed by atoms with E-state index in [1.54, 1.807) is 11.3 Å². The molecule has 1 atom stereocenters. The highest BCUT2D eigenvalue weighted by Crippen LogP contribution is 2.38. The van der Waals surface area contributed by atoms with Crippen molar-refractivity contribution < 1.29 is 5.11 Å². The van der Waals surface area contributed by atoms with Gasteiger partial charge in [0.05, 0.1) is 11.1 Å². The lowest BCUT2D eigenvalue weighted by Crippen LogP contribution is -2.20. The van der Waals surface area contributed by atoms with Crippen molar-refractivity contribution in [2.45, 2.75) is 37.8 Å². The molecule has 3 nitrogen and oxygen atoms in total. The van der Waals surface area contributed by atoms with E-state index in [4.69, 9.17) is 0 Å². The Morgan fingerprint density at radius 2 is 2.37 bits per heavy atom. The third-order valence-corrected chi connectivity index (χ3v) is 5.45. The van der Waals surface area contributed by atoms with Crippen molar-refractivity contribution in [1.82, 2.24) is 10.3 Å². The first-order chi connectivity index (χ1) is 9.33. The molecule has 0 amide bonds. The van der Waals surface area contributed by atoms with E-state index in [1.807, 2.05) is 34.4 Å². The first-order valence-electron chi connectivity index (χ1n) is 6.68. The Hall–Kier alpha value is -0.750. The Morgan fingerprint density at radius 1 is 1.47 bits per heavy atom. The van der Waals surface area contributed by atoms with Crippen LogP contribution >= 0.6 is 22.7 Å². The lowest BCUT2D eigenvalue weighted by atomic mass is 9.86. The number of rotatable bonds is 6. The molecule has 0 aromatic carbocycles. The van der Waals surface area contributed by atoms with Gasteiger partial charge >= 0.3 is 0 Å². The third kappa shape index (κ3) is 3.23. The van der Waals surface area contributed by atoms with Crippen LogP contribution in [-0.2, 0) is 6.54 Å². The molecule has 1 saturated carbocycles. The monoisotopic (exact) mass is 294 g/mol. The predicted molar refractivity (Wildman–Crippen MR) is 79.7 cm³/mol. The summed E-state index contributed by atoms with van der Waals surface area (Å²) in [6.45, 7) is 1.39. The summed E-state index contributed by atoms with van der Waals surface area (Å²) >= 11 is 3.43. The summed E-state index contributed by atoms with van der Waals surface area (Å²) in [7, 11) is 0. The fourth-order valence-electron chi connectivity index (χ4n) is 2.16. The van der Waals surface area contributed by atoms with Crippen LogP contribution in [0.15, 0.2) is 23.0 Å². The average Bonchev–Trinajstić information content (AvgIpc) is 2.97. The number of nitrogens with one attached hydrogen (secondary N) is 1. The lowest BCUT2D eigenvalue weighted by Gasteiger charge is -2.22. The highest BCUT2D eigenvalue weighted by Gasteiger charge is 2.22. The summed E-state index contributed by atoms with van der Waals surface area (Å²) in [5, 5.41) is 18.5. The van der Waals surface area contributed by atoms with E-state index in [1.165, 1.54) is 29.1 Å². The molecule has 3 rings (SSSR count). The van der Waals surface area contributed by atoms with Gasteiger partial charge in [-0.2, -0.15) is 11.3 Å². The largest absolute Gasteiger partial charge is 0.387 e. The van der Waals surface area contributed by atoms with Gasteiger partial charge in [0.25, 0.3) is 0 Å². The van der Waals surface area contributed by atoms with Crippen LogP contribution in [0, 0.1) is 0 Å². The van der Waals surface area contributed by atoms with E-state index in [-0.39, 0.29) is 0 Å². The van der Waals surface area contributed by atoms with Gasteiger partial charge < -0.3 is 10.4 Å². The molecule has 1 aliphatic rings. The third-order valence-electron chi connectivity index (χ3n) is 3.59. The molecule has 0 bridgehead atoms. The number of nitrogens with zero attached hydrogens (tertiary/aromatic N) is 1. The zero-order chi connectivity index (χ0) is 13.1. The van der Waals surface area contributed by atoms with Gasteiger partial charge in [-0.25, -0.2) is 4.98 Å². The molecular formula is C14H18N2OS2. The summed E-state index contributed by atoms with van der Waals surface area (Å²) in [6.07, 6.45) is 5.52. The summed E-state index contributed by atoms with van der Waals surface area (Å²) in [5.74, 6) is 0.718. The van der Waals surface area contributed by atoms with E-state index in [0.29, 0.717) is 6.54 Å². The Kier molecular flexibility index (Phi) is 4.28. The second kappa shape index (κ2) is 6.13. The number of thiophene rings is 1. The fraction of sp³-hybridized carbons (Fsp3) is 0.500. The van der Waals surface area contributed by atoms with Crippen molar-refractivity contribution in [3.63, 3.8) is 0 Å². The van der Waals surface area contributed by atoms with Crippen LogP contribution < -0.4 is 5.32 Å². The predicted octanol–water partition coefficient (Wildman–Crippen LogP) is 3.30. The van der Waals surface area contributed by atoms with Crippen molar-refractivity contribution in [2.75, 3.05) is 6.54 Å². The average molecular weight is 294 g/mol. The summed E-state index contributed by atoms with van der Waals surface area (Å²) in [5.41, 5.74) is 0.997. The second-order valence-corrected chi connectivity index (χ2v) is 6.92. The molecule has 2 N–H and O–H groups in total. The first-order valence-corrected chi connectivity index (χ1v) is 8.44. The molecule has 0 saturated heterocycles. The number of aliphatic hydroxyl groups is 1. The number of aromatic nitrogens is 1. The molecule has 1 fully saturated rings. The van der Waals surface area contributed by atoms with Gasteiger partial charge in [0.1, 0.15) is 0 Å². The summed E-state index contributed by atoms with van der Waals surface area (Å²) in [4.78, 5) is 5.77. The maximum Gasteiger partial charge on any atom is 0.0959 e. The number of aliphatic hydroxyl groups excluding tert-OH is 1. The van der Waals surface area contributed by atoms with Crippen LogP contribution in [0.3, 0.4) is 0 Å². The van der Waals surface area contributed by atoms with E-state index >= 15 is 0 Å².